The van der Waals surface area contributed by atoms with Crippen molar-refractivity contribution >= 4 is 23.0 Å². The highest BCUT2D eigenvalue weighted by Crippen LogP contribution is 2.23. The van der Waals surface area contributed by atoms with Gasteiger partial charge in [0.2, 0.25) is 0 Å². The Kier molecular flexibility index (Phi) is 6.47. The summed E-state index contributed by atoms with van der Waals surface area (Å²) in [6, 6.07) is 12.2. The van der Waals surface area contributed by atoms with Gasteiger partial charge in [0.15, 0.2) is 0 Å². The number of hydrogen-bond donors (Lipinski definition) is 2. The summed E-state index contributed by atoms with van der Waals surface area (Å²) >= 11 is 0. The number of rotatable bonds is 7. The third kappa shape index (κ3) is 4.97. The van der Waals surface area contributed by atoms with Gasteiger partial charge < -0.3 is 15.5 Å². The zero-order valence-electron chi connectivity index (χ0n) is 15.5. The summed E-state index contributed by atoms with van der Waals surface area (Å²) < 4.78 is 0. The molecule has 1 saturated heterocycles. The van der Waals surface area contributed by atoms with Gasteiger partial charge in [-0.2, -0.15) is 0 Å². The molecule has 138 valence electrons. The van der Waals surface area contributed by atoms with Crippen molar-refractivity contribution in [3.63, 3.8) is 0 Å². The average molecular weight is 352 g/mol. The van der Waals surface area contributed by atoms with E-state index in [0.717, 1.165) is 37.3 Å². The lowest BCUT2D eigenvalue weighted by Crippen LogP contribution is -2.29. The molecule has 1 aromatic carbocycles. The summed E-state index contributed by atoms with van der Waals surface area (Å²) in [5.74, 6) is -0.115. The van der Waals surface area contributed by atoms with E-state index in [1.165, 1.54) is 24.9 Å². The van der Waals surface area contributed by atoms with Crippen LogP contribution in [0, 0.1) is 0 Å². The van der Waals surface area contributed by atoms with Crippen molar-refractivity contribution in [1.29, 1.82) is 0 Å². The van der Waals surface area contributed by atoms with Gasteiger partial charge in [-0.1, -0.05) is 13.3 Å². The maximum Gasteiger partial charge on any atom is 0.269 e. The Morgan fingerprint density at radius 3 is 2.42 bits per heavy atom. The maximum atomic E-state index is 12.0. The van der Waals surface area contributed by atoms with Crippen LogP contribution in [0.2, 0.25) is 0 Å². The molecule has 1 aliphatic rings. The van der Waals surface area contributed by atoms with Gasteiger partial charge in [-0.3, -0.25) is 4.79 Å². The van der Waals surface area contributed by atoms with Crippen molar-refractivity contribution in [2.45, 2.75) is 39.0 Å². The third-order valence-corrected chi connectivity index (χ3v) is 4.69. The highest BCUT2D eigenvalue weighted by molar-refractivity contribution is 5.92. The molecule has 5 heteroatoms. The molecule has 0 atom stereocenters. The fourth-order valence-corrected chi connectivity index (χ4v) is 3.15. The SMILES string of the molecule is CCCCNC(=O)c1ccc(Nc2ccc(N3CCCCC3)cc2)cn1. The Morgan fingerprint density at radius 2 is 1.77 bits per heavy atom. The first-order chi connectivity index (χ1) is 12.8. The average Bonchev–Trinajstić information content (AvgIpc) is 2.70. The molecule has 2 N–H and O–H groups in total. The molecule has 0 bridgehead atoms. The first-order valence-corrected chi connectivity index (χ1v) is 9.62. The number of carbonyl (C=O) groups excluding carboxylic acids is 1. The van der Waals surface area contributed by atoms with Crippen LogP contribution in [-0.4, -0.2) is 30.5 Å². The summed E-state index contributed by atoms with van der Waals surface area (Å²) in [5.41, 5.74) is 3.63. The van der Waals surface area contributed by atoms with E-state index < -0.39 is 0 Å². The zero-order valence-corrected chi connectivity index (χ0v) is 15.5. The lowest BCUT2D eigenvalue weighted by molar-refractivity contribution is 0.0948. The Bertz CT molecular complexity index is 691. The van der Waals surface area contributed by atoms with E-state index >= 15 is 0 Å². The van der Waals surface area contributed by atoms with Crippen molar-refractivity contribution in [3.05, 3.63) is 48.3 Å². The second kappa shape index (κ2) is 9.22. The molecule has 0 aliphatic carbocycles. The lowest BCUT2D eigenvalue weighted by atomic mass is 10.1. The molecule has 2 heterocycles. The number of benzene rings is 1. The molecule has 1 aliphatic heterocycles. The molecule has 0 saturated carbocycles. The Labute approximate surface area is 155 Å². The van der Waals surface area contributed by atoms with E-state index in [1.54, 1.807) is 12.3 Å². The minimum atomic E-state index is -0.115. The number of carbonyl (C=O) groups is 1. The fourth-order valence-electron chi connectivity index (χ4n) is 3.15. The predicted octanol–water partition coefficient (Wildman–Crippen LogP) is 4.35. The van der Waals surface area contributed by atoms with E-state index in [9.17, 15) is 4.79 Å². The normalized spacial score (nSPS) is 14.1. The second-order valence-electron chi connectivity index (χ2n) is 6.76. The molecule has 1 fully saturated rings. The molecule has 26 heavy (non-hydrogen) atoms. The van der Waals surface area contributed by atoms with Gasteiger partial charge in [-0.05, 0) is 62.1 Å². The first kappa shape index (κ1) is 18.2. The highest BCUT2D eigenvalue weighted by atomic mass is 16.1. The van der Waals surface area contributed by atoms with Crippen molar-refractivity contribution in [2.24, 2.45) is 0 Å². The first-order valence-electron chi connectivity index (χ1n) is 9.62. The molecule has 0 radical (unpaired) electrons. The fraction of sp³-hybridized carbons (Fsp3) is 0.429. The maximum absolute atomic E-state index is 12.0. The summed E-state index contributed by atoms with van der Waals surface area (Å²) in [4.78, 5) is 18.7. The van der Waals surface area contributed by atoms with Gasteiger partial charge in [0.1, 0.15) is 5.69 Å². The minimum absolute atomic E-state index is 0.115. The van der Waals surface area contributed by atoms with E-state index in [-0.39, 0.29) is 5.91 Å². The van der Waals surface area contributed by atoms with Gasteiger partial charge in [-0.25, -0.2) is 4.98 Å². The third-order valence-electron chi connectivity index (χ3n) is 4.69. The van der Waals surface area contributed by atoms with Crippen LogP contribution < -0.4 is 15.5 Å². The van der Waals surface area contributed by atoms with E-state index in [2.05, 4.69) is 51.7 Å². The van der Waals surface area contributed by atoms with Gasteiger partial charge in [0.25, 0.3) is 5.91 Å². The Balaban J connectivity index is 1.56. The highest BCUT2D eigenvalue weighted by Gasteiger charge is 2.10. The minimum Gasteiger partial charge on any atom is -0.372 e. The van der Waals surface area contributed by atoms with Crippen molar-refractivity contribution < 1.29 is 4.79 Å². The van der Waals surface area contributed by atoms with Crippen LogP contribution in [0.5, 0.6) is 0 Å². The van der Waals surface area contributed by atoms with Crippen LogP contribution in [0.15, 0.2) is 42.6 Å². The smallest absolute Gasteiger partial charge is 0.269 e. The number of nitrogens with zero attached hydrogens (tertiary/aromatic N) is 2. The number of pyridine rings is 1. The van der Waals surface area contributed by atoms with Crippen molar-refractivity contribution in [3.8, 4) is 0 Å². The predicted molar refractivity (Wildman–Crippen MR) is 107 cm³/mol. The molecular formula is C21H28N4O. The second-order valence-corrected chi connectivity index (χ2v) is 6.76. The number of anilines is 3. The van der Waals surface area contributed by atoms with Crippen LogP contribution >= 0.6 is 0 Å². The largest absolute Gasteiger partial charge is 0.372 e. The lowest BCUT2D eigenvalue weighted by Gasteiger charge is -2.28. The van der Waals surface area contributed by atoms with Crippen LogP contribution in [0.1, 0.15) is 49.5 Å². The number of piperidine rings is 1. The van der Waals surface area contributed by atoms with Crippen LogP contribution in [0.25, 0.3) is 0 Å². The van der Waals surface area contributed by atoms with E-state index in [0.29, 0.717) is 12.2 Å². The van der Waals surface area contributed by atoms with Gasteiger partial charge in [-0.15, -0.1) is 0 Å². The molecule has 0 unspecified atom stereocenters. The summed E-state index contributed by atoms with van der Waals surface area (Å²) in [7, 11) is 0. The molecule has 1 amide bonds. The molecule has 1 aromatic heterocycles. The van der Waals surface area contributed by atoms with Crippen LogP contribution in [0.3, 0.4) is 0 Å². The van der Waals surface area contributed by atoms with Gasteiger partial charge in [0, 0.05) is 31.0 Å². The Hall–Kier alpha value is -2.56. The number of aromatic nitrogens is 1. The molecule has 5 nitrogen and oxygen atoms in total. The standard InChI is InChI=1S/C21H28N4O/c1-2-3-13-22-21(26)20-12-9-18(16-23-20)24-17-7-10-19(11-8-17)25-14-5-4-6-15-25/h7-12,16,24H,2-6,13-15H2,1H3,(H,22,26). The van der Waals surface area contributed by atoms with Crippen molar-refractivity contribution in [1.82, 2.24) is 10.3 Å². The molecule has 0 spiro atoms. The van der Waals surface area contributed by atoms with Gasteiger partial charge in [0.05, 0.1) is 11.9 Å². The van der Waals surface area contributed by atoms with E-state index in [4.69, 9.17) is 0 Å². The zero-order chi connectivity index (χ0) is 18.2. The van der Waals surface area contributed by atoms with Crippen LogP contribution in [-0.2, 0) is 0 Å². The molecule has 3 rings (SSSR count). The summed E-state index contributed by atoms with van der Waals surface area (Å²) in [6.07, 6.45) is 7.66. The molecular weight excluding hydrogens is 324 g/mol. The summed E-state index contributed by atoms with van der Waals surface area (Å²) in [5, 5.41) is 6.22. The number of unbranched alkanes of at least 4 members (excludes halogenated alkanes) is 1. The number of nitrogens with one attached hydrogen (secondary N) is 2. The topological polar surface area (TPSA) is 57.3 Å². The van der Waals surface area contributed by atoms with Crippen LogP contribution in [0.4, 0.5) is 17.1 Å². The number of hydrogen-bond acceptors (Lipinski definition) is 4. The van der Waals surface area contributed by atoms with Crippen molar-refractivity contribution in [2.75, 3.05) is 29.9 Å². The molecule has 2 aromatic rings. The monoisotopic (exact) mass is 352 g/mol. The number of amides is 1. The summed E-state index contributed by atoms with van der Waals surface area (Å²) in [6.45, 7) is 5.10. The van der Waals surface area contributed by atoms with Gasteiger partial charge >= 0.3 is 0 Å². The van der Waals surface area contributed by atoms with E-state index in [1.807, 2.05) is 6.07 Å². The Morgan fingerprint density at radius 1 is 1.04 bits per heavy atom. The quantitative estimate of drug-likeness (QED) is 0.728.